The highest BCUT2D eigenvalue weighted by Gasteiger charge is 2.20. The molecule has 0 aliphatic heterocycles. The van der Waals surface area contributed by atoms with Crippen molar-refractivity contribution in [1.29, 1.82) is 0 Å². The van der Waals surface area contributed by atoms with Gasteiger partial charge in [0.1, 0.15) is 0 Å². The summed E-state index contributed by atoms with van der Waals surface area (Å²) in [7, 11) is 1.76. The van der Waals surface area contributed by atoms with Crippen molar-refractivity contribution in [3.8, 4) is 0 Å². The summed E-state index contributed by atoms with van der Waals surface area (Å²) >= 11 is 0. The summed E-state index contributed by atoms with van der Waals surface area (Å²) in [5, 5.41) is 4.99. The first-order valence-electron chi connectivity index (χ1n) is 7.17. The van der Waals surface area contributed by atoms with Gasteiger partial charge in [0, 0.05) is 49.9 Å². The van der Waals surface area contributed by atoms with E-state index in [9.17, 15) is 0 Å². The monoisotopic (exact) mass is 258 g/mol. The van der Waals surface area contributed by atoms with E-state index in [1.165, 1.54) is 29.3 Å². The first-order chi connectivity index (χ1) is 9.38. The lowest BCUT2D eigenvalue weighted by atomic mass is 10.2. The molecule has 2 aromatic rings. The summed E-state index contributed by atoms with van der Waals surface area (Å²) in [6.45, 7) is 2.84. The van der Waals surface area contributed by atoms with Gasteiger partial charge >= 0.3 is 0 Å². The number of methoxy groups -OCH3 is 1. The largest absolute Gasteiger partial charge is 0.385 e. The normalized spacial score (nSPS) is 15.2. The lowest BCUT2D eigenvalue weighted by Gasteiger charge is -2.04. The Morgan fingerprint density at radius 3 is 2.95 bits per heavy atom. The number of ether oxygens (including phenoxy) is 1. The van der Waals surface area contributed by atoms with E-state index >= 15 is 0 Å². The van der Waals surface area contributed by atoms with Crippen LogP contribution in [-0.4, -0.2) is 24.3 Å². The molecule has 19 heavy (non-hydrogen) atoms. The second-order valence-electron chi connectivity index (χ2n) is 5.37. The maximum absolute atomic E-state index is 5.14. The van der Waals surface area contributed by atoms with E-state index in [1.807, 2.05) is 0 Å². The van der Waals surface area contributed by atoms with Crippen LogP contribution in [0, 0.1) is 0 Å². The molecule has 1 fully saturated rings. The summed E-state index contributed by atoms with van der Waals surface area (Å²) in [6.07, 6.45) is 6.04. The van der Waals surface area contributed by atoms with Crippen LogP contribution in [0.15, 0.2) is 30.5 Å². The van der Waals surface area contributed by atoms with Gasteiger partial charge < -0.3 is 14.6 Å². The molecule has 102 valence electrons. The summed E-state index contributed by atoms with van der Waals surface area (Å²) in [4.78, 5) is 0. The molecule has 0 spiro atoms. The summed E-state index contributed by atoms with van der Waals surface area (Å²) in [5.41, 5.74) is 2.76. The lowest BCUT2D eigenvalue weighted by Crippen LogP contribution is -2.14. The maximum Gasteiger partial charge on any atom is 0.0483 e. The van der Waals surface area contributed by atoms with E-state index in [0.717, 1.165) is 32.2 Å². The van der Waals surface area contributed by atoms with E-state index in [1.54, 1.807) is 7.11 Å². The Balaban J connectivity index is 1.79. The van der Waals surface area contributed by atoms with Gasteiger partial charge in [-0.25, -0.2) is 0 Å². The van der Waals surface area contributed by atoms with Crippen LogP contribution in [-0.2, 0) is 17.8 Å². The van der Waals surface area contributed by atoms with Gasteiger partial charge in [0.2, 0.25) is 0 Å². The fourth-order valence-corrected chi connectivity index (χ4v) is 2.57. The molecule has 0 atom stereocenters. The molecule has 3 heteroatoms. The molecule has 0 unspecified atom stereocenters. The van der Waals surface area contributed by atoms with E-state index in [4.69, 9.17) is 4.74 Å². The molecule has 1 heterocycles. The molecule has 1 saturated carbocycles. The number of hydrogen-bond donors (Lipinski definition) is 1. The van der Waals surface area contributed by atoms with Crippen molar-refractivity contribution in [3.05, 3.63) is 36.0 Å². The van der Waals surface area contributed by atoms with Crippen LogP contribution < -0.4 is 5.32 Å². The number of aryl methyl sites for hydroxylation is 1. The predicted molar refractivity (Wildman–Crippen MR) is 78.3 cm³/mol. The minimum absolute atomic E-state index is 0.760. The Kier molecular flexibility index (Phi) is 3.85. The molecule has 1 aromatic carbocycles. The number of nitrogens with zero attached hydrogens (tertiary/aromatic N) is 1. The summed E-state index contributed by atoms with van der Waals surface area (Å²) in [6, 6.07) is 9.44. The number of benzene rings is 1. The van der Waals surface area contributed by atoms with Crippen molar-refractivity contribution < 1.29 is 4.74 Å². The van der Waals surface area contributed by atoms with Crippen molar-refractivity contribution in [2.45, 2.75) is 38.4 Å². The van der Waals surface area contributed by atoms with Gasteiger partial charge in [0.25, 0.3) is 0 Å². The van der Waals surface area contributed by atoms with Gasteiger partial charge in [0.15, 0.2) is 0 Å². The van der Waals surface area contributed by atoms with Crippen LogP contribution in [0.25, 0.3) is 10.9 Å². The van der Waals surface area contributed by atoms with Gasteiger partial charge in [-0.1, -0.05) is 18.2 Å². The first kappa shape index (κ1) is 12.7. The smallest absolute Gasteiger partial charge is 0.0483 e. The van der Waals surface area contributed by atoms with E-state index in [0.29, 0.717) is 0 Å². The number of nitrogens with one attached hydrogen (secondary N) is 1. The van der Waals surface area contributed by atoms with E-state index in [-0.39, 0.29) is 0 Å². The first-order valence-corrected chi connectivity index (χ1v) is 7.17. The molecule has 1 aliphatic rings. The summed E-state index contributed by atoms with van der Waals surface area (Å²) in [5.74, 6) is 0. The molecule has 3 rings (SSSR count). The molecule has 1 aliphatic carbocycles. The number of hydrogen-bond acceptors (Lipinski definition) is 2. The Bertz CT molecular complexity index is 543. The number of para-hydroxylation sites is 1. The SMILES string of the molecule is COCCCn1cc(CNC2CC2)c2ccccc21. The minimum atomic E-state index is 0.760. The van der Waals surface area contributed by atoms with Crippen molar-refractivity contribution >= 4 is 10.9 Å². The third kappa shape index (κ3) is 2.99. The van der Waals surface area contributed by atoms with Gasteiger partial charge in [0.05, 0.1) is 0 Å². The quantitative estimate of drug-likeness (QED) is 0.773. The molecular weight excluding hydrogens is 236 g/mol. The zero-order valence-corrected chi connectivity index (χ0v) is 11.6. The Labute approximate surface area is 114 Å². The molecular formula is C16H22N2O. The van der Waals surface area contributed by atoms with Crippen molar-refractivity contribution in [2.24, 2.45) is 0 Å². The molecule has 1 N–H and O–H groups in total. The van der Waals surface area contributed by atoms with Gasteiger partial charge in [-0.3, -0.25) is 0 Å². The van der Waals surface area contributed by atoms with Gasteiger partial charge in [-0.2, -0.15) is 0 Å². The Hall–Kier alpha value is -1.32. The Morgan fingerprint density at radius 1 is 1.32 bits per heavy atom. The van der Waals surface area contributed by atoms with Crippen molar-refractivity contribution in [3.63, 3.8) is 0 Å². The second-order valence-corrected chi connectivity index (χ2v) is 5.37. The molecule has 0 radical (unpaired) electrons. The van der Waals surface area contributed by atoms with Crippen LogP contribution >= 0.6 is 0 Å². The summed E-state index contributed by atoms with van der Waals surface area (Å²) < 4.78 is 7.50. The number of aromatic nitrogens is 1. The second kappa shape index (κ2) is 5.76. The molecule has 1 aromatic heterocycles. The van der Waals surface area contributed by atoms with Crippen molar-refractivity contribution in [1.82, 2.24) is 9.88 Å². The lowest BCUT2D eigenvalue weighted by molar-refractivity contribution is 0.190. The van der Waals surface area contributed by atoms with Crippen LogP contribution in [0.5, 0.6) is 0 Å². The van der Waals surface area contributed by atoms with Crippen LogP contribution in [0.3, 0.4) is 0 Å². The highest BCUT2D eigenvalue weighted by Crippen LogP contribution is 2.24. The number of rotatable bonds is 7. The third-order valence-corrected chi connectivity index (χ3v) is 3.78. The van der Waals surface area contributed by atoms with E-state index < -0.39 is 0 Å². The predicted octanol–water partition coefficient (Wildman–Crippen LogP) is 2.93. The van der Waals surface area contributed by atoms with Crippen molar-refractivity contribution in [2.75, 3.05) is 13.7 Å². The van der Waals surface area contributed by atoms with Crippen LogP contribution in [0.4, 0.5) is 0 Å². The average molecular weight is 258 g/mol. The average Bonchev–Trinajstić information content (AvgIpc) is 3.20. The molecule has 0 amide bonds. The fourth-order valence-electron chi connectivity index (χ4n) is 2.57. The maximum atomic E-state index is 5.14. The third-order valence-electron chi connectivity index (χ3n) is 3.78. The van der Waals surface area contributed by atoms with Gasteiger partial charge in [-0.15, -0.1) is 0 Å². The molecule has 0 saturated heterocycles. The zero-order valence-electron chi connectivity index (χ0n) is 11.6. The highest BCUT2D eigenvalue weighted by molar-refractivity contribution is 5.83. The van der Waals surface area contributed by atoms with Crippen LogP contribution in [0.2, 0.25) is 0 Å². The highest BCUT2D eigenvalue weighted by atomic mass is 16.5. The topological polar surface area (TPSA) is 26.2 Å². The Morgan fingerprint density at radius 2 is 2.16 bits per heavy atom. The van der Waals surface area contributed by atoms with Gasteiger partial charge in [-0.05, 0) is 30.9 Å². The fraction of sp³-hybridized carbons (Fsp3) is 0.500. The zero-order chi connectivity index (χ0) is 13.1. The molecule has 3 nitrogen and oxygen atoms in total. The molecule has 0 bridgehead atoms. The van der Waals surface area contributed by atoms with E-state index in [2.05, 4.69) is 40.3 Å². The minimum Gasteiger partial charge on any atom is -0.385 e. The van der Waals surface area contributed by atoms with Crippen LogP contribution in [0.1, 0.15) is 24.8 Å². The standard InChI is InChI=1S/C16H22N2O/c1-19-10-4-9-18-12-13(11-17-14-7-8-14)15-5-2-3-6-16(15)18/h2-3,5-6,12,14,17H,4,7-11H2,1H3. The number of fused-ring (bicyclic) bond motifs is 1.